The fraction of sp³-hybridized carbons (Fsp3) is 0.185. The molecule has 5 rings (SSSR count). The summed E-state index contributed by atoms with van der Waals surface area (Å²) in [6, 6.07) is 26.2. The van der Waals surface area contributed by atoms with Crippen LogP contribution in [-0.2, 0) is 5.41 Å². The van der Waals surface area contributed by atoms with Crippen LogP contribution < -0.4 is 0 Å². The van der Waals surface area contributed by atoms with Crippen LogP contribution in [0.5, 0.6) is 0 Å². The summed E-state index contributed by atoms with van der Waals surface area (Å²) < 4.78 is 6.44. The van der Waals surface area contributed by atoms with Gasteiger partial charge in [0.15, 0.2) is 0 Å². The molecule has 0 aliphatic rings. The minimum absolute atomic E-state index is 0.0994. The highest BCUT2D eigenvalue weighted by molar-refractivity contribution is 6.22. The largest absolute Gasteiger partial charge is 0.455 e. The van der Waals surface area contributed by atoms with Crippen LogP contribution in [0.1, 0.15) is 31.9 Å². The third kappa shape index (κ3) is 2.62. The molecule has 0 unspecified atom stereocenters. The quantitative estimate of drug-likeness (QED) is 0.293. The summed E-state index contributed by atoms with van der Waals surface area (Å²) in [6.07, 6.45) is 0. The van der Waals surface area contributed by atoms with Gasteiger partial charge in [0.25, 0.3) is 0 Å². The Labute approximate surface area is 165 Å². The molecule has 0 bridgehead atoms. The van der Waals surface area contributed by atoms with Crippen molar-refractivity contribution in [2.75, 3.05) is 0 Å². The monoisotopic (exact) mass is 364 g/mol. The van der Waals surface area contributed by atoms with Gasteiger partial charge in [-0.3, -0.25) is 0 Å². The maximum Gasteiger partial charge on any atom is 0.143 e. The van der Waals surface area contributed by atoms with Gasteiger partial charge in [-0.2, -0.15) is 0 Å². The molecule has 0 N–H and O–H groups in total. The Balaban J connectivity index is 1.95. The molecule has 0 fully saturated rings. The Morgan fingerprint density at radius 2 is 1.50 bits per heavy atom. The van der Waals surface area contributed by atoms with Crippen molar-refractivity contribution in [1.82, 2.24) is 0 Å². The first-order valence-corrected chi connectivity index (χ1v) is 9.87. The van der Waals surface area contributed by atoms with Crippen LogP contribution >= 0.6 is 0 Å². The van der Waals surface area contributed by atoms with E-state index >= 15 is 0 Å². The third-order valence-electron chi connectivity index (χ3n) is 5.69. The van der Waals surface area contributed by atoms with Crippen molar-refractivity contribution >= 4 is 32.7 Å². The molecule has 0 radical (unpaired) electrons. The Morgan fingerprint density at radius 3 is 2.25 bits per heavy atom. The first-order valence-electron chi connectivity index (χ1n) is 9.87. The average Bonchev–Trinajstić information content (AvgIpc) is 3.06. The van der Waals surface area contributed by atoms with Crippen molar-refractivity contribution in [3.05, 3.63) is 83.9 Å². The second-order valence-electron chi connectivity index (χ2n) is 8.78. The van der Waals surface area contributed by atoms with Gasteiger partial charge in [-0.25, -0.2) is 0 Å². The summed E-state index contributed by atoms with van der Waals surface area (Å²) >= 11 is 0. The van der Waals surface area contributed by atoms with Crippen LogP contribution in [0.4, 0.5) is 0 Å². The van der Waals surface area contributed by atoms with E-state index in [4.69, 9.17) is 4.42 Å². The van der Waals surface area contributed by atoms with E-state index in [0.29, 0.717) is 0 Å². The topological polar surface area (TPSA) is 13.1 Å². The number of benzene rings is 4. The zero-order valence-electron chi connectivity index (χ0n) is 16.8. The minimum Gasteiger partial charge on any atom is -0.455 e. The van der Waals surface area contributed by atoms with Gasteiger partial charge in [-0.05, 0) is 52.4 Å². The molecular weight excluding hydrogens is 340 g/mol. The van der Waals surface area contributed by atoms with Crippen molar-refractivity contribution in [2.24, 2.45) is 0 Å². The summed E-state index contributed by atoms with van der Waals surface area (Å²) in [5.41, 5.74) is 6.96. The van der Waals surface area contributed by atoms with Gasteiger partial charge >= 0.3 is 0 Å². The molecule has 0 aliphatic heterocycles. The molecule has 5 aromatic rings. The van der Waals surface area contributed by atoms with Gasteiger partial charge < -0.3 is 4.42 Å². The molecule has 0 atom stereocenters. The Hall–Kier alpha value is -3.06. The first-order chi connectivity index (χ1) is 13.4. The van der Waals surface area contributed by atoms with Crippen molar-refractivity contribution < 1.29 is 4.42 Å². The van der Waals surface area contributed by atoms with Crippen molar-refractivity contribution in [3.8, 4) is 11.1 Å². The lowest BCUT2D eigenvalue weighted by Gasteiger charge is -2.18. The minimum atomic E-state index is 0.0994. The summed E-state index contributed by atoms with van der Waals surface area (Å²) in [5, 5.41) is 4.91. The lowest BCUT2D eigenvalue weighted by molar-refractivity contribution is 0.590. The normalized spacial score (nSPS) is 12.3. The first kappa shape index (κ1) is 17.1. The summed E-state index contributed by atoms with van der Waals surface area (Å²) in [7, 11) is 0. The Kier molecular flexibility index (Phi) is 3.64. The molecule has 0 aliphatic carbocycles. The number of aryl methyl sites for hydroxylation is 1. The number of fused-ring (bicyclic) bond motifs is 5. The van der Waals surface area contributed by atoms with E-state index in [1.807, 2.05) is 0 Å². The maximum absolute atomic E-state index is 6.44. The number of rotatable bonds is 1. The molecule has 4 aromatic carbocycles. The predicted octanol–water partition coefficient (Wildman–Crippen LogP) is 8.01. The number of hydrogen-bond donors (Lipinski definition) is 0. The summed E-state index contributed by atoms with van der Waals surface area (Å²) in [5.74, 6) is 0. The smallest absolute Gasteiger partial charge is 0.143 e. The van der Waals surface area contributed by atoms with Crippen LogP contribution in [0, 0.1) is 6.92 Å². The molecule has 0 spiro atoms. The van der Waals surface area contributed by atoms with Gasteiger partial charge in [0.05, 0.1) is 0 Å². The molecular formula is C27H24O. The van der Waals surface area contributed by atoms with Crippen molar-refractivity contribution in [3.63, 3.8) is 0 Å². The fourth-order valence-corrected chi connectivity index (χ4v) is 4.04. The second-order valence-corrected chi connectivity index (χ2v) is 8.78. The maximum atomic E-state index is 6.44. The lowest BCUT2D eigenvalue weighted by atomic mass is 9.86. The van der Waals surface area contributed by atoms with Crippen LogP contribution in [0.2, 0.25) is 0 Å². The standard InChI is InChI=1S/C27H24O/c1-17-9-11-18(12-10-17)22-15-19-7-5-6-8-21(19)25-23-16-20(27(2,3)4)13-14-24(23)28-26(22)25/h5-16H,1-4H3. The van der Waals surface area contributed by atoms with Gasteiger partial charge in [0.2, 0.25) is 0 Å². The van der Waals surface area contributed by atoms with Crippen molar-refractivity contribution in [2.45, 2.75) is 33.1 Å². The number of hydrogen-bond acceptors (Lipinski definition) is 1. The van der Waals surface area contributed by atoms with Gasteiger partial charge in [0, 0.05) is 16.3 Å². The highest BCUT2D eigenvalue weighted by Crippen LogP contribution is 2.42. The SMILES string of the molecule is Cc1ccc(-c2cc3ccccc3c3c2oc2ccc(C(C)(C)C)cc23)cc1. The van der Waals surface area contributed by atoms with Crippen molar-refractivity contribution in [1.29, 1.82) is 0 Å². The van der Waals surface area contributed by atoms with E-state index in [9.17, 15) is 0 Å². The molecule has 0 saturated carbocycles. The zero-order valence-corrected chi connectivity index (χ0v) is 16.8. The lowest BCUT2D eigenvalue weighted by Crippen LogP contribution is -2.10. The Bertz CT molecular complexity index is 1330. The van der Waals surface area contributed by atoms with Gasteiger partial charge in [-0.15, -0.1) is 0 Å². The Morgan fingerprint density at radius 1 is 0.750 bits per heavy atom. The zero-order chi connectivity index (χ0) is 19.5. The number of furan rings is 1. The summed E-state index contributed by atoms with van der Waals surface area (Å²) in [6.45, 7) is 8.89. The van der Waals surface area contributed by atoms with Gasteiger partial charge in [-0.1, -0.05) is 80.9 Å². The second kappa shape index (κ2) is 5.97. The molecule has 0 saturated heterocycles. The van der Waals surface area contributed by atoms with Crippen LogP contribution in [-0.4, -0.2) is 0 Å². The van der Waals surface area contributed by atoms with E-state index in [1.54, 1.807) is 0 Å². The molecule has 1 heteroatoms. The van der Waals surface area contributed by atoms with Crippen LogP contribution in [0.25, 0.3) is 43.8 Å². The molecule has 1 heterocycles. The molecule has 0 amide bonds. The predicted molar refractivity (Wildman–Crippen MR) is 120 cm³/mol. The van der Waals surface area contributed by atoms with E-state index in [1.165, 1.54) is 38.2 Å². The highest BCUT2D eigenvalue weighted by atomic mass is 16.3. The van der Waals surface area contributed by atoms with Crippen LogP contribution in [0.15, 0.2) is 77.2 Å². The third-order valence-corrected chi connectivity index (χ3v) is 5.69. The van der Waals surface area contributed by atoms with E-state index < -0.39 is 0 Å². The molecule has 1 aromatic heterocycles. The van der Waals surface area contributed by atoms with E-state index in [0.717, 1.165) is 16.7 Å². The molecule has 28 heavy (non-hydrogen) atoms. The fourth-order valence-electron chi connectivity index (χ4n) is 4.04. The van der Waals surface area contributed by atoms with Crippen LogP contribution in [0.3, 0.4) is 0 Å². The van der Waals surface area contributed by atoms with E-state index in [-0.39, 0.29) is 5.41 Å². The average molecular weight is 364 g/mol. The highest BCUT2D eigenvalue weighted by Gasteiger charge is 2.19. The molecule has 1 nitrogen and oxygen atoms in total. The molecule has 138 valence electrons. The van der Waals surface area contributed by atoms with Gasteiger partial charge in [0.1, 0.15) is 11.2 Å². The van der Waals surface area contributed by atoms with E-state index in [2.05, 4.69) is 100 Å². The summed E-state index contributed by atoms with van der Waals surface area (Å²) in [4.78, 5) is 0.